The second kappa shape index (κ2) is 4.60. The zero-order valence-corrected chi connectivity index (χ0v) is 12.8. The van der Waals surface area contributed by atoms with E-state index >= 15 is 0 Å². The van der Waals surface area contributed by atoms with Crippen molar-refractivity contribution in [2.75, 3.05) is 5.75 Å². The number of nitrogens with zero attached hydrogens (tertiary/aromatic N) is 1. The van der Waals surface area contributed by atoms with Crippen LogP contribution in [0, 0.1) is 12.7 Å². The van der Waals surface area contributed by atoms with E-state index in [4.69, 9.17) is 0 Å². The molecule has 0 saturated carbocycles. The van der Waals surface area contributed by atoms with Crippen LogP contribution in [0.3, 0.4) is 0 Å². The average molecular weight is 358 g/mol. The molecule has 1 aromatic heterocycles. The second-order valence-corrected chi connectivity index (χ2v) is 6.44. The first kappa shape index (κ1) is 13.6. The normalized spacial score (nSPS) is 13.8. The maximum atomic E-state index is 14.0. The highest BCUT2D eigenvalue weighted by molar-refractivity contribution is 9.10. The van der Waals surface area contributed by atoms with Crippen LogP contribution in [0.25, 0.3) is 10.9 Å². The van der Waals surface area contributed by atoms with E-state index in [0.717, 1.165) is 0 Å². The molecule has 2 aromatic rings. The Hall–Kier alpha value is -1.34. The van der Waals surface area contributed by atoms with Crippen LogP contribution in [0.2, 0.25) is 0 Å². The molecule has 104 valence electrons. The molecule has 4 nitrogen and oxygen atoms in total. The van der Waals surface area contributed by atoms with E-state index in [0.29, 0.717) is 22.8 Å². The average Bonchev–Trinajstić information content (AvgIpc) is 2.84. The van der Waals surface area contributed by atoms with Crippen molar-refractivity contribution >= 4 is 44.6 Å². The molecule has 2 heterocycles. The third kappa shape index (κ3) is 1.73. The van der Waals surface area contributed by atoms with Crippen molar-refractivity contribution in [3.05, 3.63) is 37.7 Å². The summed E-state index contributed by atoms with van der Waals surface area (Å²) in [7, 11) is 0. The van der Waals surface area contributed by atoms with E-state index in [1.807, 2.05) is 0 Å². The Morgan fingerprint density at radius 1 is 1.55 bits per heavy atom. The first-order valence-electron chi connectivity index (χ1n) is 5.84. The third-order valence-electron chi connectivity index (χ3n) is 3.40. The number of aromatic carboxylic acids is 1. The van der Waals surface area contributed by atoms with Crippen LogP contribution in [0.15, 0.2) is 20.4 Å². The number of aryl methyl sites for hydroxylation is 2. The van der Waals surface area contributed by atoms with Gasteiger partial charge in [-0.3, -0.25) is 4.79 Å². The van der Waals surface area contributed by atoms with E-state index in [9.17, 15) is 19.1 Å². The summed E-state index contributed by atoms with van der Waals surface area (Å²) < 4.78 is 16.0. The molecule has 1 aliphatic heterocycles. The fourth-order valence-corrected chi connectivity index (χ4v) is 4.15. The number of benzene rings is 1. The van der Waals surface area contributed by atoms with Gasteiger partial charge in [0.05, 0.1) is 20.4 Å². The van der Waals surface area contributed by atoms with E-state index < -0.39 is 17.2 Å². The van der Waals surface area contributed by atoms with Gasteiger partial charge in [-0.15, -0.1) is 11.8 Å². The number of carboxylic acid groups (broad SMARTS) is 1. The number of carboxylic acids is 1. The topological polar surface area (TPSA) is 59.3 Å². The van der Waals surface area contributed by atoms with Gasteiger partial charge in [-0.1, -0.05) is 0 Å². The Bertz CT molecular complexity index is 831. The zero-order chi connectivity index (χ0) is 14.6. The maximum absolute atomic E-state index is 14.0. The van der Waals surface area contributed by atoms with Crippen molar-refractivity contribution in [3.63, 3.8) is 0 Å². The minimum absolute atomic E-state index is 0.148. The smallest absolute Gasteiger partial charge is 0.342 e. The molecule has 20 heavy (non-hydrogen) atoms. The lowest BCUT2D eigenvalue weighted by molar-refractivity contribution is 0.0690. The van der Waals surface area contributed by atoms with E-state index in [1.54, 1.807) is 10.6 Å². The van der Waals surface area contributed by atoms with E-state index in [1.165, 1.54) is 18.7 Å². The second-order valence-electron chi connectivity index (χ2n) is 4.51. The lowest BCUT2D eigenvalue weighted by Gasteiger charge is -2.13. The highest BCUT2D eigenvalue weighted by Crippen LogP contribution is 2.34. The Kier molecular flexibility index (Phi) is 3.13. The molecule has 1 N–H and O–H groups in total. The van der Waals surface area contributed by atoms with Gasteiger partial charge in [-0.05, 0) is 34.5 Å². The summed E-state index contributed by atoms with van der Waals surface area (Å²) in [6.07, 6.45) is 0. The maximum Gasteiger partial charge on any atom is 0.342 e. The van der Waals surface area contributed by atoms with Gasteiger partial charge in [-0.2, -0.15) is 0 Å². The first-order chi connectivity index (χ1) is 9.43. The zero-order valence-electron chi connectivity index (χ0n) is 10.4. The van der Waals surface area contributed by atoms with Crippen molar-refractivity contribution in [2.24, 2.45) is 0 Å². The third-order valence-corrected chi connectivity index (χ3v) is 5.07. The minimum Gasteiger partial charge on any atom is -0.477 e. The van der Waals surface area contributed by atoms with Crippen molar-refractivity contribution in [2.45, 2.75) is 18.5 Å². The number of carbonyl (C=O) groups is 1. The van der Waals surface area contributed by atoms with Gasteiger partial charge in [0, 0.05) is 12.3 Å². The molecule has 0 radical (unpaired) electrons. The van der Waals surface area contributed by atoms with Gasteiger partial charge in [0.15, 0.2) is 0 Å². The minimum atomic E-state index is -1.27. The highest BCUT2D eigenvalue weighted by Gasteiger charge is 2.27. The van der Waals surface area contributed by atoms with Gasteiger partial charge in [0.25, 0.3) is 0 Å². The number of halogens is 2. The van der Waals surface area contributed by atoms with Crippen molar-refractivity contribution in [1.82, 2.24) is 4.57 Å². The number of fused-ring (bicyclic) bond motifs is 3. The quantitative estimate of drug-likeness (QED) is 0.852. The van der Waals surface area contributed by atoms with Gasteiger partial charge < -0.3 is 9.67 Å². The Morgan fingerprint density at radius 3 is 2.90 bits per heavy atom. The molecule has 1 aromatic carbocycles. The number of thioether (sulfide) groups is 1. The first-order valence-corrected chi connectivity index (χ1v) is 7.62. The van der Waals surface area contributed by atoms with Crippen LogP contribution in [0.5, 0.6) is 0 Å². The molecule has 3 rings (SSSR count). The molecule has 0 atom stereocenters. The van der Waals surface area contributed by atoms with E-state index in [2.05, 4.69) is 15.9 Å². The van der Waals surface area contributed by atoms with Crippen LogP contribution < -0.4 is 5.43 Å². The predicted molar refractivity (Wildman–Crippen MR) is 78.3 cm³/mol. The fourth-order valence-electron chi connectivity index (χ4n) is 2.50. The predicted octanol–water partition coefficient (Wildman–Crippen LogP) is 3.02. The monoisotopic (exact) mass is 357 g/mol. The van der Waals surface area contributed by atoms with Crippen LogP contribution in [-0.4, -0.2) is 21.4 Å². The van der Waals surface area contributed by atoms with Gasteiger partial charge in [0.2, 0.25) is 5.43 Å². The summed E-state index contributed by atoms with van der Waals surface area (Å²) in [5, 5.41) is 9.87. The van der Waals surface area contributed by atoms with Crippen LogP contribution in [-0.2, 0) is 6.54 Å². The Morgan fingerprint density at radius 2 is 2.25 bits per heavy atom. The summed E-state index contributed by atoms with van der Waals surface area (Å²) in [5.41, 5.74) is -0.123. The molecule has 0 aliphatic carbocycles. The van der Waals surface area contributed by atoms with Crippen LogP contribution >= 0.6 is 27.7 Å². The number of hydrogen-bond donors (Lipinski definition) is 1. The number of hydrogen-bond acceptors (Lipinski definition) is 3. The lowest BCUT2D eigenvalue weighted by Crippen LogP contribution is -2.21. The molecule has 7 heteroatoms. The molecule has 0 amide bonds. The van der Waals surface area contributed by atoms with Gasteiger partial charge in [-0.25, -0.2) is 9.18 Å². The molecule has 0 fully saturated rings. The highest BCUT2D eigenvalue weighted by atomic mass is 79.9. The molecule has 0 unspecified atom stereocenters. The summed E-state index contributed by atoms with van der Waals surface area (Å²) in [6.45, 7) is 2.10. The molecular formula is C13H9BrFNO3S. The molecule has 0 saturated heterocycles. The Balaban J connectivity index is 2.61. The number of pyridine rings is 1. The number of rotatable bonds is 1. The summed E-state index contributed by atoms with van der Waals surface area (Å²) in [6, 6.07) is 1.54. The standard InChI is InChI=1S/C13H9BrFNO3S/c1-5-8-7(4-6(14)10(5)15)16-2-3-20-12(16)9(11(8)17)13(18)19/h4H,2-3H2,1H3,(H,18,19). The summed E-state index contributed by atoms with van der Waals surface area (Å²) >= 11 is 4.47. The van der Waals surface area contributed by atoms with Crippen LogP contribution in [0.4, 0.5) is 4.39 Å². The van der Waals surface area contributed by atoms with E-state index in [-0.39, 0.29) is 21.0 Å². The molecule has 0 bridgehead atoms. The number of aromatic nitrogens is 1. The fraction of sp³-hybridized carbons (Fsp3) is 0.231. The van der Waals surface area contributed by atoms with Crippen molar-refractivity contribution < 1.29 is 14.3 Å². The SMILES string of the molecule is Cc1c(F)c(Br)cc2c1c(=O)c(C(=O)O)c1n2CCS1. The largest absolute Gasteiger partial charge is 0.477 e. The molecular weight excluding hydrogens is 349 g/mol. The summed E-state index contributed by atoms with van der Waals surface area (Å²) in [5.74, 6) is -1.10. The Labute approximate surface area is 125 Å². The van der Waals surface area contributed by atoms with Crippen molar-refractivity contribution in [1.29, 1.82) is 0 Å². The van der Waals surface area contributed by atoms with Gasteiger partial charge in [0.1, 0.15) is 11.4 Å². The van der Waals surface area contributed by atoms with Crippen molar-refractivity contribution in [3.8, 4) is 0 Å². The lowest BCUT2D eigenvalue weighted by atomic mass is 10.1. The molecule has 1 aliphatic rings. The summed E-state index contributed by atoms with van der Waals surface area (Å²) in [4.78, 5) is 23.8. The van der Waals surface area contributed by atoms with Gasteiger partial charge >= 0.3 is 5.97 Å². The van der Waals surface area contributed by atoms with Crippen LogP contribution in [0.1, 0.15) is 15.9 Å². The molecule has 0 spiro atoms.